The molecule has 0 radical (unpaired) electrons. The van der Waals surface area contributed by atoms with Crippen molar-refractivity contribution in [1.29, 1.82) is 0 Å². The Balaban J connectivity index is 1.18. The van der Waals surface area contributed by atoms with Crippen LogP contribution in [0.1, 0.15) is 44.3 Å². The number of hydrogen-bond donors (Lipinski definition) is 2. The fourth-order valence-electron chi connectivity index (χ4n) is 8.14. The maximum atomic E-state index is 17.0. The van der Waals surface area contributed by atoms with E-state index in [0.29, 0.717) is 51.5 Å². The molecule has 4 saturated heterocycles. The second-order valence-electron chi connectivity index (χ2n) is 13.1. The molecule has 7 nitrogen and oxygen atoms in total. The number of hydrogen-bond acceptors (Lipinski definition) is 8. The van der Waals surface area contributed by atoms with Crippen LogP contribution in [0.15, 0.2) is 42.5 Å². The standard InChI is InChI=1S/C35H40ClFN6OS/c1-45-41-24-14-21-6-2-3-7-27(21)28(15-24)32-30(36)16-29-34(33(32)37)39-31(40-35(29)42-17-22-9-10-23(18-42)38-22)8-4-5-13-43-25-11-12-26(43)20-44-19-25/h2-3,6-7,14-16,22-23,25-26,38,41H,4-5,8-13,17-20H2,1H3. The highest BCUT2D eigenvalue weighted by molar-refractivity contribution is 7.99. The van der Waals surface area contributed by atoms with Gasteiger partial charge in [0.25, 0.3) is 0 Å². The van der Waals surface area contributed by atoms with Crippen molar-refractivity contribution in [2.45, 2.75) is 69.1 Å². The number of nitrogens with zero attached hydrogens (tertiary/aromatic N) is 4. The average Bonchev–Trinajstić information content (AvgIpc) is 3.49. The quantitative estimate of drug-likeness (QED) is 0.148. The molecule has 4 unspecified atom stereocenters. The van der Waals surface area contributed by atoms with Gasteiger partial charge in [-0.2, -0.15) is 0 Å². The number of fused-ring (bicyclic) bond motifs is 6. The van der Waals surface area contributed by atoms with Crippen LogP contribution < -0.4 is 14.9 Å². The first kappa shape index (κ1) is 29.7. The van der Waals surface area contributed by atoms with Crippen molar-refractivity contribution in [2.24, 2.45) is 0 Å². The molecule has 0 amide bonds. The summed E-state index contributed by atoms with van der Waals surface area (Å²) < 4.78 is 26.1. The fourth-order valence-corrected chi connectivity index (χ4v) is 8.79. The van der Waals surface area contributed by atoms with Crippen molar-refractivity contribution in [2.75, 3.05) is 48.7 Å². The number of aromatic nitrogens is 2. The number of aryl methyl sites for hydroxylation is 1. The Labute approximate surface area is 273 Å². The zero-order chi connectivity index (χ0) is 30.5. The van der Waals surface area contributed by atoms with E-state index < -0.39 is 0 Å². The number of halogens is 2. The molecule has 0 saturated carbocycles. The summed E-state index contributed by atoms with van der Waals surface area (Å²) >= 11 is 8.54. The Morgan fingerprint density at radius 2 is 1.78 bits per heavy atom. The number of unbranched alkanes of at least 4 members (excludes halogenated alkanes) is 1. The summed E-state index contributed by atoms with van der Waals surface area (Å²) in [5.74, 6) is 1.15. The van der Waals surface area contributed by atoms with Gasteiger partial charge in [0.2, 0.25) is 0 Å². The molecule has 0 spiro atoms. The first-order valence-corrected chi connectivity index (χ1v) is 18.0. The average molecular weight is 647 g/mol. The van der Waals surface area contributed by atoms with Gasteiger partial charge in [-0.3, -0.25) is 4.90 Å². The summed E-state index contributed by atoms with van der Waals surface area (Å²) in [4.78, 5) is 15.1. The van der Waals surface area contributed by atoms with Gasteiger partial charge in [0.15, 0.2) is 5.82 Å². The lowest BCUT2D eigenvalue weighted by atomic mass is 9.95. The third-order valence-corrected chi connectivity index (χ3v) is 11.0. The minimum atomic E-state index is -0.378. The largest absolute Gasteiger partial charge is 0.378 e. The lowest BCUT2D eigenvalue weighted by Gasteiger charge is -2.35. The van der Waals surface area contributed by atoms with Crippen LogP contribution in [0.3, 0.4) is 0 Å². The van der Waals surface area contributed by atoms with Gasteiger partial charge in [-0.1, -0.05) is 47.8 Å². The van der Waals surface area contributed by atoms with Crippen molar-refractivity contribution < 1.29 is 9.13 Å². The molecule has 2 N–H and O–H groups in total. The second-order valence-corrected chi connectivity index (χ2v) is 14.1. The van der Waals surface area contributed by atoms with Gasteiger partial charge in [0.1, 0.15) is 17.2 Å². The van der Waals surface area contributed by atoms with Gasteiger partial charge in [-0.25, -0.2) is 14.4 Å². The van der Waals surface area contributed by atoms with Crippen LogP contribution in [0.4, 0.5) is 15.9 Å². The van der Waals surface area contributed by atoms with E-state index in [1.165, 1.54) is 24.8 Å². The molecule has 1 aromatic heterocycles. The summed E-state index contributed by atoms with van der Waals surface area (Å²) in [6.45, 7) is 4.50. The molecular formula is C35H40ClFN6OS. The number of rotatable bonds is 9. The van der Waals surface area contributed by atoms with Crippen LogP contribution in [-0.2, 0) is 11.2 Å². The van der Waals surface area contributed by atoms with E-state index in [1.807, 2.05) is 36.6 Å². The predicted molar refractivity (Wildman–Crippen MR) is 184 cm³/mol. The summed E-state index contributed by atoms with van der Waals surface area (Å²) in [5.41, 5.74) is 2.42. The van der Waals surface area contributed by atoms with Gasteiger partial charge in [-0.15, -0.1) is 0 Å². The highest BCUT2D eigenvalue weighted by Crippen LogP contribution is 2.42. The van der Waals surface area contributed by atoms with Crippen LogP contribution in [0.5, 0.6) is 0 Å². The molecule has 5 heterocycles. The second kappa shape index (κ2) is 12.5. The summed E-state index contributed by atoms with van der Waals surface area (Å²) in [6, 6.07) is 16.0. The Hall–Kier alpha value is -2.69. The smallest absolute Gasteiger partial charge is 0.158 e. The number of piperazine rings is 1. The number of anilines is 2. The molecular weight excluding hydrogens is 607 g/mol. The van der Waals surface area contributed by atoms with Crippen molar-refractivity contribution in [3.63, 3.8) is 0 Å². The third-order valence-electron chi connectivity index (χ3n) is 10.2. The monoisotopic (exact) mass is 646 g/mol. The highest BCUT2D eigenvalue weighted by Gasteiger charge is 2.37. The fraction of sp³-hybridized carbons (Fsp3) is 0.486. The van der Waals surface area contributed by atoms with Gasteiger partial charge in [0.05, 0.1) is 18.2 Å². The maximum absolute atomic E-state index is 17.0. The van der Waals surface area contributed by atoms with E-state index in [-0.39, 0.29) is 5.82 Å². The summed E-state index contributed by atoms with van der Waals surface area (Å²) in [6.07, 6.45) is 9.52. The van der Waals surface area contributed by atoms with Gasteiger partial charge < -0.3 is 19.7 Å². The summed E-state index contributed by atoms with van der Waals surface area (Å²) in [5, 5.41) is 6.77. The van der Waals surface area contributed by atoms with E-state index in [4.69, 9.17) is 26.3 Å². The zero-order valence-corrected chi connectivity index (χ0v) is 27.3. The molecule has 4 bridgehead atoms. The highest BCUT2D eigenvalue weighted by atomic mass is 35.5. The van der Waals surface area contributed by atoms with Gasteiger partial charge in [-0.05, 0) is 79.6 Å². The Morgan fingerprint density at radius 3 is 2.56 bits per heavy atom. The molecule has 0 aliphatic carbocycles. The lowest BCUT2D eigenvalue weighted by molar-refractivity contribution is -0.0149. The van der Waals surface area contributed by atoms with Crippen molar-refractivity contribution in [3.8, 4) is 11.1 Å². The third kappa shape index (κ3) is 5.65. The first-order chi connectivity index (χ1) is 22.1. The summed E-state index contributed by atoms with van der Waals surface area (Å²) in [7, 11) is 0. The van der Waals surface area contributed by atoms with Crippen LogP contribution in [0.25, 0.3) is 32.8 Å². The number of nitrogens with one attached hydrogen (secondary N) is 2. The van der Waals surface area contributed by atoms with Crippen LogP contribution in [0.2, 0.25) is 5.02 Å². The van der Waals surface area contributed by atoms with Crippen molar-refractivity contribution in [3.05, 3.63) is 59.1 Å². The van der Waals surface area contributed by atoms with Crippen LogP contribution in [-0.4, -0.2) is 78.1 Å². The molecule has 4 fully saturated rings. The predicted octanol–water partition coefficient (Wildman–Crippen LogP) is 7.06. The molecule has 10 heteroatoms. The van der Waals surface area contributed by atoms with Gasteiger partial charge in [0, 0.05) is 66.6 Å². The molecule has 3 aromatic carbocycles. The first-order valence-electron chi connectivity index (χ1n) is 16.4. The Morgan fingerprint density at radius 1 is 1.00 bits per heavy atom. The topological polar surface area (TPSA) is 65.5 Å². The van der Waals surface area contributed by atoms with E-state index >= 15 is 4.39 Å². The van der Waals surface area contributed by atoms with E-state index in [0.717, 1.165) is 92.8 Å². The van der Waals surface area contributed by atoms with E-state index in [9.17, 15) is 0 Å². The van der Waals surface area contributed by atoms with E-state index in [1.54, 1.807) is 0 Å². The minimum absolute atomic E-state index is 0.360. The van der Waals surface area contributed by atoms with Crippen LogP contribution >= 0.6 is 23.5 Å². The SMILES string of the molecule is CSNc1cc(-c2c(Cl)cc3c(N4CC5CCC(C4)N5)nc(CCCCN4C5CCC4COC5)nc3c2F)c2ccccc2c1. The van der Waals surface area contributed by atoms with Crippen molar-refractivity contribution >= 4 is 56.7 Å². The minimum Gasteiger partial charge on any atom is -0.378 e. The molecule has 4 aromatic rings. The normalized spacial score (nSPS) is 24.6. The van der Waals surface area contributed by atoms with E-state index in [2.05, 4.69) is 32.0 Å². The number of ether oxygens (including phenoxy) is 1. The molecule has 236 valence electrons. The molecule has 4 atom stereocenters. The molecule has 4 aliphatic heterocycles. The molecule has 45 heavy (non-hydrogen) atoms. The Bertz CT molecular complexity index is 1710. The Kier molecular flexibility index (Phi) is 8.24. The molecule has 4 aliphatic rings. The maximum Gasteiger partial charge on any atom is 0.158 e. The lowest BCUT2D eigenvalue weighted by Crippen LogP contribution is -2.51. The number of morpholine rings is 1. The van der Waals surface area contributed by atoms with Gasteiger partial charge >= 0.3 is 0 Å². The zero-order valence-electron chi connectivity index (χ0n) is 25.7. The number of benzene rings is 3. The van der Waals surface area contributed by atoms with Crippen LogP contribution in [0, 0.1) is 5.82 Å². The van der Waals surface area contributed by atoms with Crippen molar-refractivity contribution in [1.82, 2.24) is 20.2 Å². The molecule has 8 rings (SSSR count).